The fraction of sp³-hybridized carbons (Fsp3) is 0.444. The lowest BCUT2D eigenvalue weighted by atomic mass is 10.3. The summed E-state index contributed by atoms with van der Waals surface area (Å²) in [4.78, 5) is -0.0646. The molecule has 0 aliphatic rings. The molecule has 1 heterocycles. The maximum atomic E-state index is 10.7. The molecule has 1 N–H and O–H groups in total. The fourth-order valence-corrected chi connectivity index (χ4v) is 1.57. The Bertz CT molecular complexity index is 383. The summed E-state index contributed by atoms with van der Waals surface area (Å²) in [5.41, 5.74) is 0. The molecule has 1 rings (SSSR count). The first-order chi connectivity index (χ1) is 6.54. The largest absolute Gasteiger partial charge is 0.294 e. The quantitative estimate of drug-likeness (QED) is 0.604. The predicted molar refractivity (Wildman–Crippen MR) is 51.4 cm³/mol. The molecular weight excluding hydrogens is 202 g/mol. The van der Waals surface area contributed by atoms with Crippen LogP contribution in [0.2, 0.25) is 0 Å². The van der Waals surface area contributed by atoms with Gasteiger partial charge in [0.05, 0.1) is 0 Å². The molecule has 5 heteroatoms. The highest BCUT2D eigenvalue weighted by Gasteiger charge is 2.10. The second kappa shape index (κ2) is 4.52. The van der Waals surface area contributed by atoms with E-state index < -0.39 is 10.1 Å². The Kier molecular flexibility index (Phi) is 3.60. The lowest BCUT2D eigenvalue weighted by Crippen LogP contribution is -2.32. The topological polar surface area (TPSA) is 58.2 Å². The van der Waals surface area contributed by atoms with Crippen molar-refractivity contribution in [2.24, 2.45) is 0 Å². The van der Waals surface area contributed by atoms with Crippen molar-refractivity contribution < 1.29 is 17.5 Å². The van der Waals surface area contributed by atoms with Crippen LogP contribution >= 0.6 is 0 Å². The Labute approximate surface area is 83.9 Å². The van der Waals surface area contributed by atoms with Crippen LogP contribution in [-0.4, -0.2) is 13.0 Å². The van der Waals surface area contributed by atoms with Gasteiger partial charge in [0.1, 0.15) is 11.4 Å². The van der Waals surface area contributed by atoms with Crippen LogP contribution in [0.4, 0.5) is 0 Å². The summed E-state index contributed by atoms with van der Waals surface area (Å²) in [6.45, 7) is 2.95. The molecule has 78 valence electrons. The zero-order valence-electron chi connectivity index (χ0n) is 8.05. The van der Waals surface area contributed by atoms with Gasteiger partial charge in [0.25, 0.3) is 10.1 Å². The number of hydrogen-bond donors (Lipinski definition) is 1. The van der Waals surface area contributed by atoms with E-state index in [0.29, 0.717) is 0 Å². The smallest absolute Gasteiger partial charge is 0.282 e. The van der Waals surface area contributed by atoms with Gasteiger partial charge in [0.2, 0.25) is 0 Å². The second-order valence-electron chi connectivity index (χ2n) is 3.10. The molecule has 0 aliphatic carbocycles. The predicted octanol–water partition coefficient (Wildman–Crippen LogP) is 1.02. The van der Waals surface area contributed by atoms with E-state index in [2.05, 4.69) is 6.92 Å². The molecular formula is C9H14NO3S+. The van der Waals surface area contributed by atoms with Crippen molar-refractivity contribution in [3.8, 4) is 0 Å². The van der Waals surface area contributed by atoms with Crippen molar-refractivity contribution in [3.05, 3.63) is 24.5 Å². The van der Waals surface area contributed by atoms with E-state index in [-0.39, 0.29) is 4.90 Å². The highest BCUT2D eigenvalue weighted by molar-refractivity contribution is 7.85. The summed E-state index contributed by atoms with van der Waals surface area (Å²) in [5.74, 6) is 0. The van der Waals surface area contributed by atoms with E-state index in [1.807, 2.05) is 4.57 Å². The molecule has 0 amide bonds. The van der Waals surface area contributed by atoms with Gasteiger partial charge in [0.15, 0.2) is 12.4 Å². The number of rotatable bonds is 4. The van der Waals surface area contributed by atoms with Crippen LogP contribution in [0.25, 0.3) is 0 Å². The highest BCUT2D eigenvalue weighted by atomic mass is 32.2. The van der Waals surface area contributed by atoms with Crippen LogP contribution in [0, 0.1) is 0 Å². The molecule has 0 spiro atoms. The second-order valence-corrected chi connectivity index (χ2v) is 4.52. The Balaban J connectivity index is 2.79. The van der Waals surface area contributed by atoms with Crippen molar-refractivity contribution in [2.45, 2.75) is 31.2 Å². The molecule has 1 aromatic rings. The van der Waals surface area contributed by atoms with E-state index in [1.165, 1.54) is 12.1 Å². The molecule has 0 unspecified atom stereocenters. The van der Waals surface area contributed by atoms with Crippen molar-refractivity contribution in [1.82, 2.24) is 0 Å². The van der Waals surface area contributed by atoms with Crippen LogP contribution in [0.15, 0.2) is 29.4 Å². The Morgan fingerprint density at radius 1 is 1.36 bits per heavy atom. The van der Waals surface area contributed by atoms with Crippen molar-refractivity contribution in [3.63, 3.8) is 0 Å². The number of nitrogens with zero attached hydrogens (tertiary/aromatic N) is 1. The van der Waals surface area contributed by atoms with Crippen LogP contribution in [0.3, 0.4) is 0 Å². The molecule has 0 fully saturated rings. The lowest BCUT2D eigenvalue weighted by Gasteiger charge is -1.96. The van der Waals surface area contributed by atoms with Gasteiger partial charge in [-0.3, -0.25) is 4.55 Å². The minimum atomic E-state index is -4.05. The van der Waals surface area contributed by atoms with Crippen LogP contribution < -0.4 is 4.57 Å². The van der Waals surface area contributed by atoms with Gasteiger partial charge in [-0.2, -0.15) is 8.42 Å². The third-order valence-corrected chi connectivity index (χ3v) is 2.80. The maximum absolute atomic E-state index is 10.7. The third kappa shape index (κ3) is 3.08. The highest BCUT2D eigenvalue weighted by Crippen LogP contribution is 2.03. The fourth-order valence-electron chi connectivity index (χ4n) is 1.11. The first kappa shape index (κ1) is 11.1. The van der Waals surface area contributed by atoms with E-state index in [4.69, 9.17) is 4.55 Å². The molecule has 4 nitrogen and oxygen atoms in total. The van der Waals surface area contributed by atoms with Gasteiger partial charge in [-0.15, -0.1) is 0 Å². The van der Waals surface area contributed by atoms with Gasteiger partial charge < -0.3 is 0 Å². The third-order valence-electron chi connectivity index (χ3n) is 1.93. The SMILES string of the molecule is CCCC[n+]1ccc(S(=O)(=O)O)cc1. The number of unbranched alkanes of at least 4 members (excludes halogenated alkanes) is 1. The molecule has 0 aromatic carbocycles. The average molecular weight is 216 g/mol. The van der Waals surface area contributed by atoms with E-state index in [0.717, 1.165) is 19.4 Å². The molecule has 0 bridgehead atoms. The standard InChI is InChI=1S/C9H13NO3S/c1-2-3-6-10-7-4-9(5-8-10)14(11,12)13/h4-5,7-8H,2-3,6H2,1H3/p+1. The molecule has 0 radical (unpaired) electrons. The van der Waals surface area contributed by atoms with Gasteiger partial charge >= 0.3 is 0 Å². The summed E-state index contributed by atoms with van der Waals surface area (Å²) in [5, 5.41) is 0. The number of pyridine rings is 1. The zero-order valence-corrected chi connectivity index (χ0v) is 8.87. The Morgan fingerprint density at radius 3 is 2.36 bits per heavy atom. The molecule has 0 atom stereocenters. The van der Waals surface area contributed by atoms with Crippen LogP contribution in [-0.2, 0) is 16.7 Å². The van der Waals surface area contributed by atoms with Gasteiger partial charge in [-0.25, -0.2) is 4.57 Å². The molecule has 0 saturated carbocycles. The molecule has 14 heavy (non-hydrogen) atoms. The zero-order chi connectivity index (χ0) is 10.6. The maximum Gasteiger partial charge on any atom is 0.294 e. The molecule has 1 aromatic heterocycles. The molecule has 0 saturated heterocycles. The number of aromatic nitrogens is 1. The number of aryl methyl sites for hydroxylation is 1. The average Bonchev–Trinajstić information content (AvgIpc) is 2.14. The minimum absolute atomic E-state index is 0.0646. The van der Waals surface area contributed by atoms with Crippen molar-refractivity contribution in [2.75, 3.05) is 0 Å². The first-order valence-corrected chi connectivity index (χ1v) is 5.94. The summed E-state index contributed by atoms with van der Waals surface area (Å²) < 4.78 is 32.0. The van der Waals surface area contributed by atoms with E-state index in [9.17, 15) is 8.42 Å². The summed E-state index contributed by atoms with van der Waals surface area (Å²) in [6.07, 6.45) is 5.44. The number of hydrogen-bond acceptors (Lipinski definition) is 2. The van der Waals surface area contributed by atoms with Crippen molar-refractivity contribution in [1.29, 1.82) is 0 Å². The Morgan fingerprint density at radius 2 is 1.93 bits per heavy atom. The van der Waals surface area contributed by atoms with Gasteiger partial charge in [-0.05, 0) is 0 Å². The lowest BCUT2D eigenvalue weighted by molar-refractivity contribution is -0.697. The summed E-state index contributed by atoms with van der Waals surface area (Å²) >= 11 is 0. The van der Waals surface area contributed by atoms with E-state index in [1.54, 1.807) is 12.4 Å². The summed E-state index contributed by atoms with van der Waals surface area (Å²) in [7, 11) is -4.05. The Hall–Kier alpha value is -0.940. The summed E-state index contributed by atoms with van der Waals surface area (Å²) in [6, 6.07) is 2.79. The first-order valence-electron chi connectivity index (χ1n) is 4.50. The van der Waals surface area contributed by atoms with Crippen molar-refractivity contribution >= 4 is 10.1 Å². The van der Waals surface area contributed by atoms with Crippen LogP contribution in [0.5, 0.6) is 0 Å². The van der Waals surface area contributed by atoms with Gasteiger partial charge in [0, 0.05) is 18.6 Å². The minimum Gasteiger partial charge on any atom is -0.282 e. The molecule has 0 aliphatic heterocycles. The van der Waals surface area contributed by atoms with E-state index >= 15 is 0 Å². The normalized spacial score (nSPS) is 11.6. The van der Waals surface area contributed by atoms with Gasteiger partial charge in [-0.1, -0.05) is 13.3 Å². The van der Waals surface area contributed by atoms with Crippen LogP contribution in [0.1, 0.15) is 19.8 Å². The monoisotopic (exact) mass is 216 g/mol.